The zero-order valence-electron chi connectivity index (χ0n) is 17.3. The summed E-state index contributed by atoms with van der Waals surface area (Å²) < 4.78 is 3.35. The second-order valence-electron chi connectivity index (χ2n) is 7.26. The Kier molecular flexibility index (Phi) is 5.11. The minimum absolute atomic E-state index is 0.158. The fraction of sp³-hybridized carbons (Fsp3) is 0.273. The molecule has 0 radical (unpaired) electrons. The van der Waals surface area contributed by atoms with Gasteiger partial charge in [0.25, 0.3) is 16.7 Å². The number of imide groups is 1. The Morgan fingerprint density at radius 3 is 2.53 bits per heavy atom. The van der Waals surface area contributed by atoms with E-state index in [9.17, 15) is 14.4 Å². The molecule has 1 saturated heterocycles. The molecule has 2 amide bonds. The first kappa shape index (κ1) is 20.2. The quantitative estimate of drug-likeness (QED) is 0.597. The molecule has 1 aromatic carbocycles. The fourth-order valence-electron chi connectivity index (χ4n) is 3.76. The maximum atomic E-state index is 13.2. The van der Waals surface area contributed by atoms with Crippen LogP contribution in [0.25, 0.3) is 17.0 Å². The molecular formula is C22H22N4O3S. The van der Waals surface area contributed by atoms with Gasteiger partial charge in [0.05, 0.1) is 15.8 Å². The van der Waals surface area contributed by atoms with Crippen molar-refractivity contribution in [1.29, 1.82) is 0 Å². The average Bonchev–Trinajstić information content (AvgIpc) is 3.13. The first-order valence-corrected chi connectivity index (χ1v) is 10.6. The number of aryl methyl sites for hydroxylation is 2. The molecular weight excluding hydrogens is 400 g/mol. The van der Waals surface area contributed by atoms with Crippen LogP contribution in [0.15, 0.2) is 40.0 Å². The van der Waals surface area contributed by atoms with Gasteiger partial charge in [-0.2, -0.15) is 4.68 Å². The van der Waals surface area contributed by atoms with Gasteiger partial charge in [0.15, 0.2) is 0 Å². The molecule has 3 aromatic rings. The summed E-state index contributed by atoms with van der Waals surface area (Å²) in [6.07, 6.45) is 2.45. The standard InChI is InChI=1S/C22H22N4O3S/c1-5-10-24-21(28)19(30-22(24)29)12-16-11-13(2)25(14(16)3)26-15(4)23-18-9-7-6-8-17(18)20(26)27/h6-9,11-12H,5,10H2,1-4H3. The second-order valence-corrected chi connectivity index (χ2v) is 8.26. The molecule has 1 aliphatic heterocycles. The Labute approximate surface area is 178 Å². The van der Waals surface area contributed by atoms with Crippen LogP contribution >= 0.6 is 11.8 Å². The van der Waals surface area contributed by atoms with Crippen molar-refractivity contribution in [2.45, 2.75) is 34.1 Å². The Morgan fingerprint density at radius 2 is 1.80 bits per heavy atom. The van der Waals surface area contributed by atoms with Crippen molar-refractivity contribution in [3.8, 4) is 0 Å². The van der Waals surface area contributed by atoms with Gasteiger partial charge in [0.2, 0.25) is 0 Å². The smallest absolute Gasteiger partial charge is 0.268 e. The van der Waals surface area contributed by atoms with Crippen molar-refractivity contribution >= 4 is 39.9 Å². The summed E-state index contributed by atoms with van der Waals surface area (Å²) in [6, 6.07) is 9.16. The van der Waals surface area contributed by atoms with E-state index in [4.69, 9.17) is 0 Å². The van der Waals surface area contributed by atoms with Gasteiger partial charge in [-0.05, 0) is 68.8 Å². The van der Waals surface area contributed by atoms with Crippen LogP contribution < -0.4 is 5.56 Å². The van der Waals surface area contributed by atoms with Gasteiger partial charge in [-0.25, -0.2) is 4.98 Å². The Balaban J connectivity index is 1.83. The number of hydrogen-bond donors (Lipinski definition) is 0. The van der Waals surface area contributed by atoms with Gasteiger partial charge in [-0.3, -0.25) is 24.0 Å². The van der Waals surface area contributed by atoms with Gasteiger partial charge in [-0.1, -0.05) is 19.1 Å². The second kappa shape index (κ2) is 7.60. The van der Waals surface area contributed by atoms with Gasteiger partial charge in [0.1, 0.15) is 5.82 Å². The summed E-state index contributed by atoms with van der Waals surface area (Å²) in [5.41, 5.74) is 2.90. The van der Waals surface area contributed by atoms with E-state index in [0.29, 0.717) is 28.2 Å². The first-order chi connectivity index (χ1) is 14.3. The summed E-state index contributed by atoms with van der Waals surface area (Å²) in [5, 5.41) is 0.297. The van der Waals surface area contributed by atoms with Crippen LogP contribution in [0.4, 0.5) is 4.79 Å². The van der Waals surface area contributed by atoms with Gasteiger partial charge in [0, 0.05) is 17.9 Å². The van der Waals surface area contributed by atoms with E-state index in [2.05, 4.69) is 4.98 Å². The third-order valence-corrected chi connectivity index (χ3v) is 6.06. The number of nitrogens with zero attached hydrogens (tertiary/aromatic N) is 4. The lowest BCUT2D eigenvalue weighted by Gasteiger charge is -2.16. The van der Waals surface area contributed by atoms with E-state index >= 15 is 0 Å². The van der Waals surface area contributed by atoms with Gasteiger partial charge in [-0.15, -0.1) is 0 Å². The normalized spacial score (nSPS) is 15.7. The highest BCUT2D eigenvalue weighted by Crippen LogP contribution is 2.33. The van der Waals surface area contributed by atoms with E-state index < -0.39 is 0 Å². The van der Waals surface area contributed by atoms with Crippen LogP contribution in [0, 0.1) is 20.8 Å². The van der Waals surface area contributed by atoms with Gasteiger partial charge < -0.3 is 0 Å². The van der Waals surface area contributed by atoms with Crippen molar-refractivity contribution in [2.24, 2.45) is 0 Å². The number of carbonyl (C=O) groups excluding carboxylic acids is 2. The highest BCUT2D eigenvalue weighted by Gasteiger charge is 2.34. The molecule has 4 rings (SSSR count). The van der Waals surface area contributed by atoms with Crippen LogP contribution in [0.1, 0.15) is 36.1 Å². The maximum absolute atomic E-state index is 13.2. The van der Waals surface area contributed by atoms with E-state index in [1.807, 2.05) is 45.0 Å². The third kappa shape index (κ3) is 3.17. The summed E-state index contributed by atoms with van der Waals surface area (Å²) in [6.45, 7) is 7.92. The Bertz CT molecular complexity index is 1290. The number of fused-ring (bicyclic) bond motifs is 1. The maximum Gasteiger partial charge on any atom is 0.293 e. The largest absolute Gasteiger partial charge is 0.293 e. The number of aromatic nitrogens is 3. The van der Waals surface area contributed by atoms with Crippen LogP contribution in [0.2, 0.25) is 0 Å². The van der Waals surface area contributed by atoms with E-state index in [1.165, 1.54) is 4.90 Å². The minimum atomic E-state index is -0.266. The van der Waals surface area contributed by atoms with Crippen molar-refractivity contribution in [1.82, 2.24) is 19.2 Å². The third-order valence-electron chi connectivity index (χ3n) is 5.16. The van der Waals surface area contributed by atoms with Crippen molar-refractivity contribution in [3.05, 3.63) is 68.4 Å². The van der Waals surface area contributed by atoms with E-state index in [0.717, 1.165) is 35.1 Å². The first-order valence-electron chi connectivity index (χ1n) is 9.76. The highest BCUT2D eigenvalue weighted by atomic mass is 32.2. The van der Waals surface area contributed by atoms with E-state index in [-0.39, 0.29) is 16.7 Å². The van der Waals surface area contributed by atoms with Crippen molar-refractivity contribution in [3.63, 3.8) is 0 Å². The number of hydrogen-bond acceptors (Lipinski definition) is 5. The molecule has 0 N–H and O–H groups in total. The van der Waals surface area contributed by atoms with Crippen LogP contribution in [-0.4, -0.2) is 36.9 Å². The van der Waals surface area contributed by atoms with Crippen molar-refractivity contribution in [2.75, 3.05) is 6.54 Å². The topological polar surface area (TPSA) is 77.2 Å². The lowest BCUT2D eigenvalue weighted by molar-refractivity contribution is -0.122. The molecule has 0 bridgehead atoms. The number of para-hydroxylation sites is 1. The summed E-state index contributed by atoms with van der Waals surface area (Å²) in [5.74, 6) is 0.299. The zero-order chi connectivity index (χ0) is 21.6. The average molecular weight is 423 g/mol. The summed E-state index contributed by atoms with van der Waals surface area (Å²) in [4.78, 5) is 44.2. The predicted octanol–water partition coefficient (Wildman–Crippen LogP) is 3.88. The van der Waals surface area contributed by atoms with Gasteiger partial charge >= 0.3 is 0 Å². The van der Waals surface area contributed by atoms with Crippen LogP contribution in [0.5, 0.6) is 0 Å². The molecule has 30 heavy (non-hydrogen) atoms. The zero-order valence-corrected chi connectivity index (χ0v) is 18.1. The number of carbonyl (C=O) groups is 2. The molecule has 0 atom stereocenters. The minimum Gasteiger partial charge on any atom is -0.268 e. The molecule has 0 aliphatic carbocycles. The molecule has 0 saturated carbocycles. The summed E-state index contributed by atoms with van der Waals surface area (Å²) >= 11 is 0.953. The Morgan fingerprint density at radius 1 is 1.07 bits per heavy atom. The molecule has 0 spiro atoms. The monoisotopic (exact) mass is 422 g/mol. The lowest BCUT2D eigenvalue weighted by Crippen LogP contribution is -2.30. The van der Waals surface area contributed by atoms with Crippen LogP contribution in [0.3, 0.4) is 0 Å². The molecule has 1 fully saturated rings. The number of amides is 2. The van der Waals surface area contributed by atoms with Crippen LogP contribution in [-0.2, 0) is 4.79 Å². The lowest BCUT2D eigenvalue weighted by atomic mass is 10.2. The molecule has 3 heterocycles. The number of benzene rings is 1. The molecule has 7 nitrogen and oxygen atoms in total. The Hall–Kier alpha value is -3.13. The molecule has 2 aromatic heterocycles. The number of rotatable bonds is 4. The molecule has 154 valence electrons. The van der Waals surface area contributed by atoms with Crippen molar-refractivity contribution < 1.29 is 9.59 Å². The molecule has 1 aliphatic rings. The fourth-order valence-corrected chi connectivity index (χ4v) is 4.62. The predicted molar refractivity (Wildman–Crippen MR) is 118 cm³/mol. The van der Waals surface area contributed by atoms with E-state index in [1.54, 1.807) is 28.4 Å². The summed E-state index contributed by atoms with van der Waals surface area (Å²) in [7, 11) is 0. The highest BCUT2D eigenvalue weighted by molar-refractivity contribution is 8.18. The number of thioether (sulfide) groups is 1. The SMILES string of the molecule is CCCN1C(=O)SC(=Cc2cc(C)n(-n3c(C)nc4ccccc4c3=O)c2C)C1=O. The molecule has 8 heteroatoms. The molecule has 0 unspecified atom stereocenters.